The number of rotatable bonds is 9. The molecule has 0 atom stereocenters. The Hall–Kier alpha value is -2.89. The van der Waals surface area contributed by atoms with Crippen molar-refractivity contribution in [2.45, 2.75) is 78.6 Å². The van der Waals surface area contributed by atoms with Gasteiger partial charge < -0.3 is 20.1 Å². The molecule has 2 aromatic carbocycles. The molecule has 0 aliphatic heterocycles. The molecular weight excluding hydrogens is 450 g/mol. The van der Waals surface area contributed by atoms with Crippen LogP contribution in [0.25, 0.3) is 0 Å². The number of benzene rings is 2. The number of anilines is 3. The third-order valence-electron chi connectivity index (χ3n) is 7.39. The number of urea groups is 1. The van der Waals surface area contributed by atoms with Crippen molar-refractivity contribution in [1.29, 1.82) is 0 Å². The molecule has 1 aliphatic carbocycles. The molecule has 1 aliphatic rings. The number of hydrogen-bond acceptors (Lipinski definition) is 4. The van der Waals surface area contributed by atoms with Gasteiger partial charge in [-0.15, -0.1) is 0 Å². The van der Waals surface area contributed by atoms with Crippen molar-refractivity contribution >= 4 is 23.1 Å². The van der Waals surface area contributed by atoms with E-state index in [1.165, 1.54) is 32.1 Å². The Bertz CT molecular complexity index is 988. The zero-order valence-corrected chi connectivity index (χ0v) is 23.1. The van der Waals surface area contributed by atoms with Crippen LogP contribution in [0.4, 0.5) is 21.9 Å². The second-order valence-corrected chi connectivity index (χ2v) is 10.9. The maximum atomic E-state index is 13.7. The van der Waals surface area contributed by atoms with E-state index < -0.39 is 0 Å². The lowest BCUT2D eigenvalue weighted by Crippen LogP contribution is -2.37. The Morgan fingerprint density at radius 1 is 1.03 bits per heavy atom. The molecule has 3 rings (SSSR count). The van der Waals surface area contributed by atoms with Crippen LogP contribution in [0.5, 0.6) is 11.5 Å². The van der Waals surface area contributed by atoms with Crippen LogP contribution in [-0.2, 0) is 5.41 Å². The number of carbonyl (C=O) groups excluding carboxylic acids is 1. The van der Waals surface area contributed by atoms with E-state index in [9.17, 15) is 9.90 Å². The number of methoxy groups -OCH3 is 1. The van der Waals surface area contributed by atoms with Crippen LogP contribution in [0.1, 0.15) is 78.7 Å². The van der Waals surface area contributed by atoms with Crippen molar-refractivity contribution in [1.82, 2.24) is 0 Å². The quantitative estimate of drug-likeness (QED) is 0.352. The first-order chi connectivity index (χ1) is 17.2. The van der Waals surface area contributed by atoms with Crippen molar-refractivity contribution < 1.29 is 14.6 Å². The summed E-state index contributed by atoms with van der Waals surface area (Å²) in [6.07, 6.45) is 7.33. The van der Waals surface area contributed by atoms with Gasteiger partial charge in [-0.2, -0.15) is 0 Å². The topological polar surface area (TPSA) is 65.0 Å². The second kappa shape index (κ2) is 12.4. The largest absolute Gasteiger partial charge is 0.505 e. The molecule has 1 fully saturated rings. The van der Waals surface area contributed by atoms with Crippen LogP contribution in [0.3, 0.4) is 0 Å². The summed E-state index contributed by atoms with van der Waals surface area (Å²) >= 11 is 0. The molecule has 36 heavy (non-hydrogen) atoms. The van der Waals surface area contributed by atoms with Crippen molar-refractivity contribution in [2.75, 3.05) is 41.9 Å². The Kier molecular flexibility index (Phi) is 9.52. The average molecular weight is 496 g/mol. The fourth-order valence-corrected chi connectivity index (χ4v) is 5.14. The number of carbonyl (C=O) groups is 1. The minimum absolute atomic E-state index is 0.0840. The third kappa shape index (κ3) is 6.86. The number of ether oxygens (including phenoxy) is 1. The number of hydrogen-bond donors (Lipinski definition) is 2. The molecule has 6 heteroatoms. The van der Waals surface area contributed by atoms with E-state index in [0.717, 1.165) is 36.4 Å². The molecule has 198 valence electrons. The van der Waals surface area contributed by atoms with Crippen molar-refractivity contribution in [3.05, 3.63) is 42.0 Å². The van der Waals surface area contributed by atoms with E-state index in [1.807, 2.05) is 43.9 Å². The molecule has 0 aromatic heterocycles. The van der Waals surface area contributed by atoms with Crippen LogP contribution < -0.4 is 19.9 Å². The molecule has 0 radical (unpaired) electrons. The highest BCUT2D eigenvalue weighted by atomic mass is 16.5. The Labute approximate surface area is 217 Å². The van der Waals surface area contributed by atoms with Gasteiger partial charge >= 0.3 is 6.03 Å². The highest BCUT2D eigenvalue weighted by Crippen LogP contribution is 2.40. The summed E-state index contributed by atoms with van der Waals surface area (Å²) in [5, 5.41) is 14.0. The smallest absolute Gasteiger partial charge is 0.326 e. The van der Waals surface area contributed by atoms with Crippen LogP contribution in [0, 0.1) is 5.92 Å². The molecular formula is C30H45N3O3. The molecule has 0 heterocycles. The van der Waals surface area contributed by atoms with Gasteiger partial charge in [-0.25, -0.2) is 4.79 Å². The Morgan fingerprint density at radius 3 is 2.19 bits per heavy atom. The maximum Gasteiger partial charge on any atom is 0.326 e. The lowest BCUT2D eigenvalue weighted by molar-refractivity contribution is 0.255. The zero-order chi connectivity index (χ0) is 26.3. The predicted molar refractivity (Wildman–Crippen MR) is 151 cm³/mol. The third-order valence-corrected chi connectivity index (χ3v) is 7.39. The van der Waals surface area contributed by atoms with Gasteiger partial charge in [0.2, 0.25) is 0 Å². The maximum absolute atomic E-state index is 13.7. The van der Waals surface area contributed by atoms with E-state index in [0.29, 0.717) is 23.9 Å². The van der Waals surface area contributed by atoms with Crippen molar-refractivity contribution in [2.24, 2.45) is 5.92 Å². The molecule has 2 aromatic rings. The summed E-state index contributed by atoms with van der Waals surface area (Å²) in [5.41, 5.74) is 2.80. The van der Waals surface area contributed by atoms with E-state index >= 15 is 0 Å². The first-order valence-corrected chi connectivity index (χ1v) is 13.5. The number of nitrogens with zero attached hydrogens (tertiary/aromatic N) is 2. The summed E-state index contributed by atoms with van der Waals surface area (Å²) in [5.74, 6) is 1.34. The summed E-state index contributed by atoms with van der Waals surface area (Å²) in [4.78, 5) is 17.8. The molecule has 1 saturated carbocycles. The van der Waals surface area contributed by atoms with Gasteiger partial charge in [0.15, 0.2) is 0 Å². The molecule has 0 unspecified atom stereocenters. The van der Waals surface area contributed by atoms with E-state index in [1.54, 1.807) is 13.2 Å². The number of amides is 2. The van der Waals surface area contributed by atoms with Gasteiger partial charge in [-0.1, -0.05) is 52.9 Å². The minimum Gasteiger partial charge on any atom is -0.505 e. The molecule has 0 spiro atoms. The van der Waals surface area contributed by atoms with Crippen LogP contribution >= 0.6 is 0 Å². The number of aromatic hydroxyl groups is 1. The van der Waals surface area contributed by atoms with Gasteiger partial charge in [0.1, 0.15) is 11.5 Å². The lowest BCUT2D eigenvalue weighted by Gasteiger charge is -2.29. The van der Waals surface area contributed by atoms with Gasteiger partial charge in [0, 0.05) is 42.6 Å². The number of phenolic OH excluding ortho intramolecular Hbond substituents is 1. The summed E-state index contributed by atoms with van der Waals surface area (Å²) < 4.78 is 5.48. The van der Waals surface area contributed by atoms with Gasteiger partial charge in [-0.3, -0.25) is 4.90 Å². The van der Waals surface area contributed by atoms with E-state index in [2.05, 4.69) is 36.2 Å². The van der Waals surface area contributed by atoms with Crippen molar-refractivity contribution in [3.8, 4) is 11.5 Å². The molecule has 0 saturated heterocycles. The fraction of sp³-hybridized carbons (Fsp3) is 0.567. The summed E-state index contributed by atoms with van der Waals surface area (Å²) in [7, 11) is 1.60. The average Bonchev–Trinajstić information content (AvgIpc) is 2.87. The van der Waals surface area contributed by atoms with E-state index in [4.69, 9.17) is 4.74 Å². The first-order valence-electron chi connectivity index (χ1n) is 13.5. The Morgan fingerprint density at radius 2 is 1.64 bits per heavy atom. The minimum atomic E-state index is -0.307. The molecule has 2 amide bonds. The number of nitrogens with one attached hydrogen (secondary N) is 1. The number of phenols is 1. The standard InChI is InChI=1S/C30H45N3O3/c1-7-32(8-2)23-14-16-24(17-15-23)33(19-18-22-12-10-9-11-13-22)29(35)31-27-21-25(36-6)20-26(28(27)34)30(3,4)5/h14-17,20-22,34H,7-13,18-19H2,1-6H3,(H,31,35). The van der Waals surface area contributed by atoms with Gasteiger partial charge in [0.05, 0.1) is 12.8 Å². The van der Waals surface area contributed by atoms with Crippen LogP contribution in [-0.4, -0.2) is 37.9 Å². The highest BCUT2D eigenvalue weighted by Gasteiger charge is 2.25. The fourth-order valence-electron chi connectivity index (χ4n) is 5.14. The zero-order valence-electron chi connectivity index (χ0n) is 23.1. The SMILES string of the molecule is CCN(CC)c1ccc(N(CCC2CCCCC2)C(=O)Nc2cc(OC)cc(C(C)(C)C)c2O)cc1. The predicted octanol–water partition coefficient (Wildman–Crippen LogP) is 7.55. The molecule has 2 N–H and O–H groups in total. The lowest BCUT2D eigenvalue weighted by atomic mass is 9.85. The second-order valence-electron chi connectivity index (χ2n) is 10.9. The van der Waals surface area contributed by atoms with Gasteiger partial charge in [-0.05, 0) is 61.9 Å². The molecule has 0 bridgehead atoms. The normalized spacial score (nSPS) is 14.4. The van der Waals surface area contributed by atoms with Crippen LogP contribution in [0.15, 0.2) is 36.4 Å². The van der Waals surface area contributed by atoms with Gasteiger partial charge in [0.25, 0.3) is 0 Å². The van der Waals surface area contributed by atoms with E-state index in [-0.39, 0.29) is 17.2 Å². The van der Waals surface area contributed by atoms with Crippen LogP contribution in [0.2, 0.25) is 0 Å². The first kappa shape index (κ1) is 27.7. The molecule has 6 nitrogen and oxygen atoms in total. The Balaban J connectivity index is 1.89. The summed E-state index contributed by atoms with van der Waals surface area (Å²) in [6.45, 7) is 12.9. The summed E-state index contributed by atoms with van der Waals surface area (Å²) in [6, 6.07) is 11.5. The monoisotopic (exact) mass is 495 g/mol. The highest BCUT2D eigenvalue weighted by molar-refractivity contribution is 6.03. The van der Waals surface area contributed by atoms with Crippen molar-refractivity contribution in [3.63, 3.8) is 0 Å².